The van der Waals surface area contributed by atoms with Gasteiger partial charge in [0.25, 0.3) is 0 Å². The molecule has 2 aromatic rings. The van der Waals surface area contributed by atoms with Crippen molar-refractivity contribution < 1.29 is 9.13 Å². The van der Waals surface area contributed by atoms with E-state index >= 15 is 0 Å². The largest absolute Gasteiger partial charge is 0.489 e. The Labute approximate surface area is 106 Å². The van der Waals surface area contributed by atoms with Crippen LogP contribution < -0.4 is 10.5 Å². The van der Waals surface area contributed by atoms with E-state index in [-0.39, 0.29) is 5.69 Å². The first-order valence-electron chi connectivity index (χ1n) is 5.80. The number of hydrogen-bond acceptors (Lipinski definition) is 2. The maximum absolute atomic E-state index is 13.2. The van der Waals surface area contributed by atoms with Crippen molar-refractivity contribution in [1.29, 1.82) is 0 Å². The van der Waals surface area contributed by atoms with E-state index < -0.39 is 5.82 Å². The van der Waals surface area contributed by atoms with Gasteiger partial charge in [-0.1, -0.05) is 12.1 Å². The maximum atomic E-state index is 13.2. The van der Waals surface area contributed by atoms with Crippen LogP contribution in [-0.4, -0.2) is 0 Å². The third-order valence-electron chi connectivity index (χ3n) is 2.95. The fraction of sp³-hybridized carbons (Fsp3) is 0.200. The second kappa shape index (κ2) is 5.08. The number of anilines is 1. The lowest BCUT2D eigenvalue weighted by atomic mass is 10.1. The highest BCUT2D eigenvalue weighted by Gasteiger charge is 2.02. The van der Waals surface area contributed by atoms with Gasteiger partial charge in [-0.15, -0.1) is 0 Å². The van der Waals surface area contributed by atoms with Crippen LogP contribution in [0.1, 0.15) is 16.7 Å². The van der Waals surface area contributed by atoms with E-state index in [0.717, 1.165) is 11.3 Å². The Morgan fingerprint density at radius 1 is 1.06 bits per heavy atom. The summed E-state index contributed by atoms with van der Waals surface area (Å²) in [5.41, 5.74) is 8.74. The number of benzene rings is 2. The molecule has 2 aromatic carbocycles. The van der Waals surface area contributed by atoms with Crippen molar-refractivity contribution in [2.24, 2.45) is 0 Å². The standard InChI is InChI=1S/C15H16FNO/c1-10-3-5-13(7-11(10)2)18-9-12-4-6-15(17)14(16)8-12/h3-8H,9,17H2,1-2H3. The van der Waals surface area contributed by atoms with Crippen LogP contribution in [0.15, 0.2) is 36.4 Å². The minimum absolute atomic E-state index is 0.157. The first-order valence-corrected chi connectivity index (χ1v) is 5.80. The molecule has 0 fully saturated rings. The van der Waals surface area contributed by atoms with E-state index in [9.17, 15) is 4.39 Å². The Bertz CT molecular complexity index is 515. The van der Waals surface area contributed by atoms with E-state index in [0.29, 0.717) is 6.61 Å². The normalized spacial score (nSPS) is 10.4. The van der Waals surface area contributed by atoms with Gasteiger partial charge in [0.05, 0.1) is 5.69 Å². The molecule has 0 aliphatic heterocycles. The molecule has 0 saturated heterocycles. The quantitative estimate of drug-likeness (QED) is 0.838. The molecule has 0 radical (unpaired) electrons. The highest BCUT2D eigenvalue weighted by Crippen LogP contribution is 2.19. The van der Waals surface area contributed by atoms with Crippen LogP contribution in [0, 0.1) is 19.7 Å². The molecule has 0 saturated carbocycles. The molecular formula is C15H16FNO. The Kier molecular flexibility index (Phi) is 3.51. The highest BCUT2D eigenvalue weighted by atomic mass is 19.1. The van der Waals surface area contributed by atoms with Crippen LogP contribution in [0.5, 0.6) is 5.75 Å². The molecule has 0 unspecified atom stereocenters. The summed E-state index contributed by atoms with van der Waals surface area (Å²) in [6.45, 7) is 4.42. The number of halogens is 1. The Balaban J connectivity index is 2.06. The minimum atomic E-state index is -0.406. The summed E-state index contributed by atoms with van der Waals surface area (Å²) in [7, 11) is 0. The zero-order valence-electron chi connectivity index (χ0n) is 10.5. The lowest BCUT2D eigenvalue weighted by molar-refractivity contribution is 0.305. The van der Waals surface area contributed by atoms with Crippen molar-refractivity contribution in [2.45, 2.75) is 20.5 Å². The van der Waals surface area contributed by atoms with Crippen LogP contribution in [0.4, 0.5) is 10.1 Å². The first-order chi connectivity index (χ1) is 8.56. The maximum Gasteiger partial charge on any atom is 0.146 e. The monoisotopic (exact) mass is 245 g/mol. The summed E-state index contributed by atoms with van der Waals surface area (Å²) >= 11 is 0. The average molecular weight is 245 g/mol. The zero-order chi connectivity index (χ0) is 13.1. The lowest BCUT2D eigenvalue weighted by Gasteiger charge is -2.09. The fourth-order valence-electron chi connectivity index (χ4n) is 1.63. The summed E-state index contributed by atoms with van der Waals surface area (Å²) in [4.78, 5) is 0. The summed E-state index contributed by atoms with van der Waals surface area (Å²) in [6.07, 6.45) is 0. The average Bonchev–Trinajstić information content (AvgIpc) is 2.35. The van der Waals surface area contributed by atoms with Crippen molar-refractivity contribution in [2.75, 3.05) is 5.73 Å². The summed E-state index contributed by atoms with van der Waals surface area (Å²) in [5, 5.41) is 0. The molecule has 94 valence electrons. The molecule has 0 bridgehead atoms. The van der Waals surface area contributed by atoms with Gasteiger partial charge in [-0.25, -0.2) is 4.39 Å². The summed E-state index contributed by atoms with van der Waals surface area (Å²) in [5.74, 6) is 0.381. The molecular weight excluding hydrogens is 229 g/mol. The van der Waals surface area contributed by atoms with Crippen LogP contribution in [0.25, 0.3) is 0 Å². The van der Waals surface area contributed by atoms with Crippen LogP contribution in [0.3, 0.4) is 0 Å². The first kappa shape index (κ1) is 12.4. The number of rotatable bonds is 3. The van der Waals surface area contributed by atoms with Gasteiger partial charge in [-0.2, -0.15) is 0 Å². The molecule has 0 aromatic heterocycles. The minimum Gasteiger partial charge on any atom is -0.489 e. The molecule has 0 heterocycles. The van der Waals surface area contributed by atoms with Gasteiger partial charge >= 0.3 is 0 Å². The van der Waals surface area contributed by atoms with Crippen molar-refractivity contribution in [3.05, 3.63) is 58.9 Å². The predicted octanol–water partition coefficient (Wildman–Crippen LogP) is 3.60. The third-order valence-corrected chi connectivity index (χ3v) is 2.95. The second-order valence-electron chi connectivity index (χ2n) is 4.39. The van der Waals surface area contributed by atoms with Gasteiger partial charge in [-0.3, -0.25) is 0 Å². The number of aryl methyl sites for hydroxylation is 2. The van der Waals surface area contributed by atoms with Gasteiger partial charge < -0.3 is 10.5 Å². The fourth-order valence-corrected chi connectivity index (χ4v) is 1.63. The molecule has 0 aliphatic carbocycles. The molecule has 2 N–H and O–H groups in total. The van der Waals surface area contributed by atoms with E-state index in [4.69, 9.17) is 10.5 Å². The van der Waals surface area contributed by atoms with Crippen molar-refractivity contribution >= 4 is 5.69 Å². The predicted molar refractivity (Wildman–Crippen MR) is 71.1 cm³/mol. The number of nitrogens with two attached hydrogens (primary N) is 1. The Morgan fingerprint density at radius 3 is 2.50 bits per heavy atom. The zero-order valence-corrected chi connectivity index (χ0v) is 10.5. The molecule has 2 nitrogen and oxygen atoms in total. The summed E-state index contributed by atoms with van der Waals surface area (Å²) in [6, 6.07) is 10.6. The summed E-state index contributed by atoms with van der Waals surface area (Å²) < 4.78 is 18.9. The van der Waals surface area contributed by atoms with Gasteiger partial charge in [-0.05, 0) is 54.8 Å². The molecule has 3 heteroatoms. The SMILES string of the molecule is Cc1ccc(OCc2ccc(N)c(F)c2)cc1C. The molecule has 0 atom stereocenters. The van der Waals surface area contributed by atoms with E-state index in [1.54, 1.807) is 12.1 Å². The molecule has 2 rings (SSSR count). The molecule has 0 aliphatic rings. The topological polar surface area (TPSA) is 35.2 Å². The van der Waals surface area contributed by atoms with Crippen LogP contribution in [-0.2, 0) is 6.61 Å². The molecule has 0 spiro atoms. The Hall–Kier alpha value is -2.03. The van der Waals surface area contributed by atoms with Crippen molar-refractivity contribution in [3.63, 3.8) is 0 Å². The second-order valence-corrected chi connectivity index (χ2v) is 4.39. The number of ether oxygens (including phenoxy) is 1. The highest BCUT2D eigenvalue weighted by molar-refractivity contribution is 5.41. The molecule has 0 amide bonds. The Morgan fingerprint density at radius 2 is 1.83 bits per heavy atom. The van der Waals surface area contributed by atoms with Gasteiger partial charge in [0.1, 0.15) is 18.2 Å². The molecule has 18 heavy (non-hydrogen) atoms. The van der Waals surface area contributed by atoms with Crippen molar-refractivity contribution in [3.8, 4) is 5.75 Å². The number of nitrogen functional groups attached to an aromatic ring is 1. The third kappa shape index (κ3) is 2.80. The van der Waals surface area contributed by atoms with Gasteiger partial charge in [0, 0.05) is 0 Å². The van der Waals surface area contributed by atoms with E-state index in [1.165, 1.54) is 17.2 Å². The van der Waals surface area contributed by atoms with Gasteiger partial charge in [0.15, 0.2) is 0 Å². The van der Waals surface area contributed by atoms with Gasteiger partial charge in [0.2, 0.25) is 0 Å². The van der Waals surface area contributed by atoms with Crippen LogP contribution >= 0.6 is 0 Å². The van der Waals surface area contributed by atoms with Crippen molar-refractivity contribution in [1.82, 2.24) is 0 Å². The van der Waals surface area contributed by atoms with Crippen LogP contribution in [0.2, 0.25) is 0 Å². The lowest BCUT2D eigenvalue weighted by Crippen LogP contribution is -1.98. The van der Waals surface area contributed by atoms with E-state index in [2.05, 4.69) is 6.92 Å². The number of hydrogen-bond donors (Lipinski definition) is 1. The van der Waals surface area contributed by atoms with E-state index in [1.807, 2.05) is 25.1 Å². The smallest absolute Gasteiger partial charge is 0.146 e.